The van der Waals surface area contributed by atoms with Crippen molar-refractivity contribution in [1.82, 2.24) is 29.1 Å². The standard InChI is InChI=1S/C35H27N7.Pt/c1-34(2)28-19-16-23(37-28)24-20-25(36-5)31(38-24)35(3,4)33-40-30-27(42(33)22-14-10-7-11-15-22)18-17-26-29(30)39-32(34)41(26)21-12-8-6-9-13-21;/h6-20H,1-4H3;/q-2;+2. The number of imidazole rings is 2. The molecule has 0 saturated carbocycles. The summed E-state index contributed by atoms with van der Waals surface area (Å²) >= 11 is 0. The van der Waals surface area contributed by atoms with Crippen molar-refractivity contribution < 1.29 is 21.1 Å². The zero-order valence-electron chi connectivity index (χ0n) is 24.1. The Bertz CT molecular complexity index is 2200. The van der Waals surface area contributed by atoms with Crippen LogP contribution in [0.1, 0.15) is 50.7 Å². The van der Waals surface area contributed by atoms with E-state index in [9.17, 15) is 0 Å². The molecule has 7 aromatic rings. The maximum absolute atomic E-state index is 8.03. The van der Waals surface area contributed by atoms with E-state index in [4.69, 9.17) is 26.5 Å². The molecular formula is C35H27N7Pt. The van der Waals surface area contributed by atoms with E-state index in [2.05, 4.69) is 96.3 Å². The molecule has 5 heterocycles. The Labute approximate surface area is 263 Å². The normalized spacial score (nSPS) is 14.7. The first-order chi connectivity index (χ1) is 20.3. The number of fused-ring (bicyclic) bond motifs is 7. The van der Waals surface area contributed by atoms with E-state index >= 15 is 0 Å². The first-order valence-electron chi connectivity index (χ1n) is 14.0. The molecule has 1 aliphatic heterocycles. The van der Waals surface area contributed by atoms with Crippen LogP contribution in [0.15, 0.2) is 91.0 Å². The van der Waals surface area contributed by atoms with Gasteiger partial charge in [-0.1, -0.05) is 82.3 Å². The number of hydrogen-bond donors (Lipinski definition) is 0. The average Bonchev–Trinajstić information content (AvgIpc) is 3.80. The van der Waals surface area contributed by atoms with Gasteiger partial charge in [-0.3, -0.25) is 9.13 Å². The van der Waals surface area contributed by atoms with Gasteiger partial charge in [0.05, 0.1) is 17.6 Å². The third-order valence-corrected chi connectivity index (χ3v) is 8.60. The summed E-state index contributed by atoms with van der Waals surface area (Å²) in [5.41, 5.74) is 7.89. The van der Waals surface area contributed by atoms with Gasteiger partial charge in [0.2, 0.25) is 0 Å². The number of aromatic nitrogens is 6. The molecule has 0 amide bonds. The van der Waals surface area contributed by atoms with E-state index in [1.54, 1.807) is 0 Å². The SMILES string of the molecule is [C-]#[N+]c1cc2[n-]c1C(C)(C)c1nc3c4nc(n(-c5ccccc5)c4ccc3n1-c1ccccc1)C(C)(C)c1ccc-2[n-]1.[Pt+2]. The molecule has 0 unspecified atom stereocenters. The summed E-state index contributed by atoms with van der Waals surface area (Å²) in [4.78, 5) is 24.8. The fourth-order valence-electron chi connectivity index (χ4n) is 6.35. The number of para-hydroxylation sites is 2. The van der Waals surface area contributed by atoms with Crippen molar-refractivity contribution in [2.24, 2.45) is 0 Å². The number of benzene rings is 3. The molecule has 43 heavy (non-hydrogen) atoms. The van der Waals surface area contributed by atoms with E-state index < -0.39 is 10.8 Å². The van der Waals surface area contributed by atoms with Crippen LogP contribution < -0.4 is 9.97 Å². The molecule has 4 aromatic heterocycles. The van der Waals surface area contributed by atoms with Crippen LogP contribution in [-0.4, -0.2) is 19.1 Å². The third kappa shape index (κ3) is 3.76. The summed E-state index contributed by atoms with van der Waals surface area (Å²) < 4.78 is 4.44. The van der Waals surface area contributed by atoms with E-state index in [1.165, 1.54) is 0 Å². The van der Waals surface area contributed by atoms with Gasteiger partial charge in [0, 0.05) is 22.2 Å². The maximum Gasteiger partial charge on any atom is 2.00 e. The molecule has 0 atom stereocenters. The van der Waals surface area contributed by atoms with Crippen molar-refractivity contribution in [2.75, 3.05) is 0 Å². The Balaban J connectivity index is 0.00000300. The van der Waals surface area contributed by atoms with Gasteiger partial charge >= 0.3 is 21.1 Å². The van der Waals surface area contributed by atoms with Crippen LogP contribution in [0.3, 0.4) is 0 Å². The molecule has 0 aliphatic carbocycles. The van der Waals surface area contributed by atoms with Crippen LogP contribution in [0.4, 0.5) is 5.69 Å². The van der Waals surface area contributed by atoms with Crippen molar-refractivity contribution in [3.05, 3.63) is 125 Å². The van der Waals surface area contributed by atoms with Crippen LogP contribution in [0.5, 0.6) is 0 Å². The second kappa shape index (κ2) is 9.42. The fraction of sp³-hybridized carbons (Fsp3) is 0.171. The Morgan fingerprint density at radius 2 is 1.19 bits per heavy atom. The van der Waals surface area contributed by atoms with E-state index in [1.807, 2.05) is 36.4 Å². The van der Waals surface area contributed by atoms with Crippen LogP contribution in [0, 0.1) is 6.57 Å². The first-order valence-corrected chi connectivity index (χ1v) is 14.0. The molecule has 8 bridgehead atoms. The largest absolute Gasteiger partial charge is 2.00 e. The Morgan fingerprint density at radius 1 is 0.651 bits per heavy atom. The third-order valence-electron chi connectivity index (χ3n) is 8.60. The van der Waals surface area contributed by atoms with Crippen molar-refractivity contribution in [1.29, 1.82) is 0 Å². The van der Waals surface area contributed by atoms with E-state index in [0.717, 1.165) is 56.5 Å². The second-order valence-corrected chi connectivity index (χ2v) is 12.0. The topological polar surface area (TPSA) is 68.2 Å². The molecule has 0 N–H and O–H groups in total. The van der Waals surface area contributed by atoms with Gasteiger partial charge in [-0.05, 0) is 36.4 Å². The van der Waals surface area contributed by atoms with Crippen LogP contribution in [0.2, 0.25) is 0 Å². The van der Waals surface area contributed by atoms with Gasteiger partial charge in [0.25, 0.3) is 0 Å². The quantitative estimate of drug-likeness (QED) is 0.173. The Hall–Kier alpha value is -4.66. The molecule has 0 radical (unpaired) electrons. The molecule has 212 valence electrons. The number of rotatable bonds is 2. The summed E-state index contributed by atoms with van der Waals surface area (Å²) in [5.74, 6) is 1.68. The summed E-state index contributed by atoms with van der Waals surface area (Å²) in [6.07, 6.45) is 0. The first kappa shape index (κ1) is 27.2. The zero-order chi connectivity index (χ0) is 28.8. The molecule has 8 rings (SSSR count). The van der Waals surface area contributed by atoms with E-state index in [0.29, 0.717) is 17.1 Å². The summed E-state index contributed by atoms with van der Waals surface area (Å²) in [7, 11) is 0. The van der Waals surface area contributed by atoms with Crippen LogP contribution in [0.25, 0.3) is 49.7 Å². The molecule has 0 spiro atoms. The smallest absolute Gasteiger partial charge is 0.672 e. The van der Waals surface area contributed by atoms with Crippen LogP contribution in [-0.2, 0) is 31.9 Å². The second-order valence-electron chi connectivity index (χ2n) is 12.0. The molecular weight excluding hydrogens is 714 g/mol. The van der Waals surface area contributed by atoms with E-state index in [-0.39, 0.29) is 21.1 Å². The predicted molar refractivity (Wildman–Crippen MR) is 165 cm³/mol. The molecule has 8 heteroatoms. The summed E-state index contributed by atoms with van der Waals surface area (Å²) in [6.45, 7) is 16.5. The van der Waals surface area contributed by atoms with Gasteiger partial charge in [-0.15, -0.1) is 11.4 Å². The molecule has 1 aliphatic rings. The van der Waals surface area contributed by atoms with Gasteiger partial charge in [0.1, 0.15) is 22.7 Å². The summed E-state index contributed by atoms with van der Waals surface area (Å²) in [5, 5.41) is 0. The van der Waals surface area contributed by atoms with Crippen LogP contribution >= 0.6 is 0 Å². The Morgan fingerprint density at radius 3 is 1.72 bits per heavy atom. The average molecular weight is 741 g/mol. The number of nitrogens with zero attached hydrogens (tertiary/aromatic N) is 7. The van der Waals surface area contributed by atoms with Gasteiger partial charge in [-0.2, -0.15) is 11.4 Å². The van der Waals surface area contributed by atoms with Crippen molar-refractivity contribution >= 4 is 27.8 Å². The summed E-state index contributed by atoms with van der Waals surface area (Å²) in [6, 6.07) is 30.8. The molecule has 7 nitrogen and oxygen atoms in total. The molecule has 0 saturated heterocycles. The minimum Gasteiger partial charge on any atom is -0.672 e. The molecule has 0 fully saturated rings. The van der Waals surface area contributed by atoms with Gasteiger partial charge in [0.15, 0.2) is 5.69 Å². The Kier molecular flexibility index (Phi) is 5.96. The minimum absolute atomic E-state index is 0. The fourth-order valence-corrected chi connectivity index (χ4v) is 6.35. The van der Waals surface area contributed by atoms with Crippen molar-refractivity contribution in [3.63, 3.8) is 0 Å². The van der Waals surface area contributed by atoms with Gasteiger partial charge < -0.3 is 9.97 Å². The maximum atomic E-state index is 8.03. The van der Waals surface area contributed by atoms with Crippen molar-refractivity contribution in [2.45, 2.75) is 38.5 Å². The number of hydrogen-bond acceptors (Lipinski definition) is 2. The van der Waals surface area contributed by atoms with Crippen molar-refractivity contribution in [3.8, 4) is 22.8 Å². The monoisotopic (exact) mass is 740 g/mol. The predicted octanol–water partition coefficient (Wildman–Crippen LogP) is 7.46. The molecule has 3 aromatic carbocycles. The zero-order valence-corrected chi connectivity index (χ0v) is 26.4. The minimum atomic E-state index is -0.705. The van der Waals surface area contributed by atoms with Gasteiger partial charge in [-0.25, -0.2) is 14.8 Å².